The highest BCUT2D eigenvalue weighted by atomic mass is 19.4. The second-order valence-electron chi connectivity index (χ2n) is 5.78. The maximum atomic E-state index is 12.8. The third kappa shape index (κ3) is 4.37. The molecule has 0 bridgehead atoms. The average molecular weight is 330 g/mol. The van der Waals surface area contributed by atoms with Gasteiger partial charge >= 0.3 is 12.2 Å². The van der Waals surface area contributed by atoms with Crippen molar-refractivity contribution in [1.29, 1.82) is 0 Å². The molecular formula is C16H21F3N2O2. The van der Waals surface area contributed by atoms with Gasteiger partial charge in [0.25, 0.3) is 0 Å². The van der Waals surface area contributed by atoms with E-state index in [1.165, 1.54) is 13.2 Å². The van der Waals surface area contributed by atoms with Gasteiger partial charge in [-0.3, -0.25) is 0 Å². The van der Waals surface area contributed by atoms with E-state index >= 15 is 0 Å². The number of urea groups is 1. The Hall–Kier alpha value is -1.76. The molecule has 1 aliphatic carbocycles. The molecule has 1 N–H and O–H groups in total. The standard InChI is InChI=1S/C16H21F3N2O2/c1-21(13-7-4-8-13)15(22)20-14(10-23-2)11-5-3-6-12(9-11)16(17,18)19/h3,5-6,9,13-14H,4,7-8,10H2,1-2H3,(H,20,22)/t14-/m0/s1. The summed E-state index contributed by atoms with van der Waals surface area (Å²) in [5, 5.41) is 2.76. The van der Waals surface area contributed by atoms with Crippen molar-refractivity contribution < 1.29 is 22.7 Å². The fourth-order valence-electron chi connectivity index (χ4n) is 2.51. The van der Waals surface area contributed by atoms with E-state index in [-0.39, 0.29) is 18.7 Å². The minimum Gasteiger partial charge on any atom is -0.382 e. The maximum absolute atomic E-state index is 12.8. The normalized spacial score (nSPS) is 16.6. The monoisotopic (exact) mass is 330 g/mol. The summed E-state index contributed by atoms with van der Waals surface area (Å²) in [6, 6.07) is 4.24. The van der Waals surface area contributed by atoms with E-state index < -0.39 is 17.8 Å². The minimum absolute atomic E-state index is 0.103. The molecule has 0 spiro atoms. The first-order valence-electron chi connectivity index (χ1n) is 7.52. The predicted molar refractivity (Wildman–Crippen MR) is 80.0 cm³/mol. The summed E-state index contributed by atoms with van der Waals surface area (Å²) >= 11 is 0. The SMILES string of the molecule is COC[C@H](NC(=O)N(C)C1CCC1)c1cccc(C(F)(F)F)c1. The van der Waals surface area contributed by atoms with Crippen molar-refractivity contribution in [3.63, 3.8) is 0 Å². The first-order chi connectivity index (χ1) is 10.8. The van der Waals surface area contributed by atoms with E-state index in [0.717, 1.165) is 31.4 Å². The summed E-state index contributed by atoms with van der Waals surface area (Å²) < 4.78 is 43.6. The third-order valence-electron chi connectivity index (χ3n) is 4.19. The Kier molecular flexibility index (Phi) is 5.51. The minimum atomic E-state index is -4.42. The maximum Gasteiger partial charge on any atom is 0.416 e. The number of amides is 2. The molecule has 1 fully saturated rings. The molecule has 2 rings (SSSR count). The molecule has 23 heavy (non-hydrogen) atoms. The highest BCUT2D eigenvalue weighted by molar-refractivity contribution is 5.75. The number of nitrogens with zero attached hydrogens (tertiary/aromatic N) is 1. The summed E-state index contributed by atoms with van der Waals surface area (Å²) in [6.45, 7) is 0.103. The van der Waals surface area contributed by atoms with E-state index in [2.05, 4.69) is 5.32 Å². The Morgan fingerprint density at radius 1 is 1.43 bits per heavy atom. The molecule has 4 nitrogen and oxygen atoms in total. The van der Waals surface area contributed by atoms with Gasteiger partial charge in [-0.15, -0.1) is 0 Å². The summed E-state index contributed by atoms with van der Waals surface area (Å²) in [6.07, 6.45) is -1.40. The topological polar surface area (TPSA) is 41.6 Å². The first-order valence-corrected chi connectivity index (χ1v) is 7.52. The zero-order chi connectivity index (χ0) is 17.0. The lowest BCUT2D eigenvalue weighted by Gasteiger charge is -2.35. The highest BCUT2D eigenvalue weighted by Gasteiger charge is 2.32. The van der Waals surface area contributed by atoms with Crippen LogP contribution in [0.3, 0.4) is 0 Å². The van der Waals surface area contributed by atoms with E-state index in [1.54, 1.807) is 18.0 Å². The molecule has 0 aliphatic heterocycles. The molecule has 128 valence electrons. The van der Waals surface area contributed by atoms with Gasteiger partial charge in [-0.25, -0.2) is 4.79 Å². The summed E-state index contributed by atoms with van der Waals surface area (Å²) in [4.78, 5) is 13.9. The molecule has 0 heterocycles. The Balaban J connectivity index is 2.12. The number of hydrogen-bond donors (Lipinski definition) is 1. The van der Waals surface area contributed by atoms with Crippen LogP contribution in [0, 0.1) is 0 Å². The number of rotatable bonds is 5. The molecule has 0 saturated heterocycles. The Morgan fingerprint density at radius 3 is 2.65 bits per heavy atom. The molecule has 1 atom stereocenters. The molecule has 1 saturated carbocycles. The quantitative estimate of drug-likeness (QED) is 0.896. The molecule has 0 aromatic heterocycles. The fourth-order valence-corrected chi connectivity index (χ4v) is 2.51. The number of hydrogen-bond acceptors (Lipinski definition) is 2. The van der Waals surface area contributed by atoms with Crippen LogP contribution in [0.15, 0.2) is 24.3 Å². The molecule has 2 amide bonds. The van der Waals surface area contributed by atoms with E-state index in [0.29, 0.717) is 5.56 Å². The number of ether oxygens (including phenoxy) is 1. The molecule has 1 aromatic carbocycles. The van der Waals surface area contributed by atoms with Gasteiger partial charge in [0.2, 0.25) is 0 Å². The summed E-state index contributed by atoms with van der Waals surface area (Å²) in [7, 11) is 3.15. The molecule has 1 aliphatic rings. The van der Waals surface area contributed by atoms with Crippen LogP contribution in [0.25, 0.3) is 0 Å². The lowest BCUT2D eigenvalue weighted by atomic mass is 9.92. The fraction of sp³-hybridized carbons (Fsp3) is 0.562. The van der Waals surface area contributed by atoms with Crippen LogP contribution in [0.1, 0.15) is 36.4 Å². The van der Waals surface area contributed by atoms with E-state index in [9.17, 15) is 18.0 Å². The number of alkyl halides is 3. The van der Waals surface area contributed by atoms with Crippen LogP contribution in [-0.4, -0.2) is 37.7 Å². The zero-order valence-electron chi connectivity index (χ0n) is 13.2. The lowest BCUT2D eigenvalue weighted by molar-refractivity contribution is -0.137. The molecule has 1 aromatic rings. The van der Waals surface area contributed by atoms with Crippen molar-refractivity contribution in [3.05, 3.63) is 35.4 Å². The van der Waals surface area contributed by atoms with Gasteiger partial charge in [-0.05, 0) is 37.0 Å². The number of methoxy groups -OCH3 is 1. The van der Waals surface area contributed by atoms with Crippen molar-refractivity contribution in [3.8, 4) is 0 Å². The van der Waals surface area contributed by atoms with Crippen molar-refractivity contribution in [2.75, 3.05) is 20.8 Å². The summed E-state index contributed by atoms with van der Waals surface area (Å²) in [5.41, 5.74) is -0.366. The zero-order valence-corrected chi connectivity index (χ0v) is 13.2. The van der Waals surface area contributed by atoms with E-state index in [4.69, 9.17) is 4.74 Å². The molecule has 7 heteroatoms. The van der Waals surface area contributed by atoms with Crippen molar-refractivity contribution in [2.24, 2.45) is 0 Å². The van der Waals surface area contributed by atoms with Gasteiger partial charge in [-0.1, -0.05) is 12.1 Å². The van der Waals surface area contributed by atoms with E-state index in [1.807, 2.05) is 0 Å². The highest BCUT2D eigenvalue weighted by Crippen LogP contribution is 2.31. The molecular weight excluding hydrogens is 309 g/mol. The molecule has 0 unspecified atom stereocenters. The smallest absolute Gasteiger partial charge is 0.382 e. The largest absolute Gasteiger partial charge is 0.416 e. The van der Waals surface area contributed by atoms with Crippen LogP contribution >= 0.6 is 0 Å². The Labute approximate surface area is 133 Å². The lowest BCUT2D eigenvalue weighted by Crippen LogP contribution is -2.48. The van der Waals surface area contributed by atoms with Gasteiger partial charge in [0, 0.05) is 20.2 Å². The van der Waals surface area contributed by atoms with Crippen LogP contribution in [-0.2, 0) is 10.9 Å². The van der Waals surface area contributed by atoms with Crippen LogP contribution < -0.4 is 5.32 Å². The Bertz CT molecular complexity index is 544. The van der Waals surface area contributed by atoms with Crippen LogP contribution in [0.2, 0.25) is 0 Å². The van der Waals surface area contributed by atoms with Gasteiger partial charge in [0.1, 0.15) is 0 Å². The predicted octanol–water partition coefficient (Wildman–Crippen LogP) is 3.59. The van der Waals surface area contributed by atoms with Gasteiger partial charge in [0.15, 0.2) is 0 Å². The first kappa shape index (κ1) is 17.6. The Morgan fingerprint density at radius 2 is 2.13 bits per heavy atom. The van der Waals surface area contributed by atoms with Gasteiger partial charge < -0.3 is 15.0 Å². The molecule has 0 radical (unpaired) electrons. The average Bonchev–Trinajstić information content (AvgIpc) is 2.44. The number of carbonyl (C=O) groups is 1. The number of nitrogens with one attached hydrogen (secondary N) is 1. The van der Waals surface area contributed by atoms with Crippen LogP contribution in [0.4, 0.5) is 18.0 Å². The van der Waals surface area contributed by atoms with Crippen molar-refractivity contribution in [2.45, 2.75) is 37.5 Å². The van der Waals surface area contributed by atoms with Gasteiger partial charge in [0.05, 0.1) is 18.2 Å². The van der Waals surface area contributed by atoms with Crippen LogP contribution in [0.5, 0.6) is 0 Å². The van der Waals surface area contributed by atoms with Crippen molar-refractivity contribution >= 4 is 6.03 Å². The summed E-state index contributed by atoms with van der Waals surface area (Å²) in [5.74, 6) is 0. The number of benzene rings is 1. The van der Waals surface area contributed by atoms with Crippen molar-refractivity contribution in [1.82, 2.24) is 10.2 Å². The third-order valence-corrected chi connectivity index (χ3v) is 4.19. The van der Waals surface area contributed by atoms with Gasteiger partial charge in [-0.2, -0.15) is 13.2 Å². The number of carbonyl (C=O) groups excluding carboxylic acids is 1. The second-order valence-corrected chi connectivity index (χ2v) is 5.78. The number of halogens is 3. The second kappa shape index (κ2) is 7.21.